The van der Waals surface area contributed by atoms with Crippen LogP contribution in [0.5, 0.6) is 0 Å². The average Bonchev–Trinajstić information content (AvgIpc) is 3.38. The average molecular weight is 478 g/mol. The molecular weight excluding hydrogens is 462 g/mol. The quantitative estimate of drug-likeness (QED) is 0.382. The molecule has 3 heterocycles. The fraction of sp³-hybridized carbons (Fsp3) is 0.143. The highest BCUT2D eigenvalue weighted by atomic mass is 79.9. The van der Waals surface area contributed by atoms with Crippen molar-refractivity contribution < 1.29 is 4.52 Å². The van der Waals surface area contributed by atoms with Crippen molar-refractivity contribution in [2.75, 3.05) is 0 Å². The molecule has 0 aliphatic carbocycles. The van der Waals surface area contributed by atoms with Gasteiger partial charge in [-0.2, -0.15) is 4.98 Å². The molecule has 154 valence electrons. The molecule has 3 aromatic heterocycles. The van der Waals surface area contributed by atoms with E-state index in [2.05, 4.69) is 47.4 Å². The third-order valence-corrected chi connectivity index (χ3v) is 5.49. The van der Waals surface area contributed by atoms with E-state index in [1.165, 1.54) is 10.9 Å². The van der Waals surface area contributed by atoms with Gasteiger partial charge >= 0.3 is 0 Å². The summed E-state index contributed by atoms with van der Waals surface area (Å²) >= 11 is 3.47. The lowest BCUT2D eigenvalue weighted by Gasteiger charge is -2.04. The minimum Gasteiger partial charge on any atom is -0.337 e. The molecule has 0 bridgehead atoms. The molecular formula is C21H16BrN7O2. The molecule has 10 heteroatoms. The lowest BCUT2D eigenvalue weighted by atomic mass is 10.1. The van der Waals surface area contributed by atoms with E-state index in [1.807, 2.05) is 49.4 Å². The molecule has 0 unspecified atom stereocenters. The zero-order valence-corrected chi connectivity index (χ0v) is 18.0. The zero-order valence-electron chi connectivity index (χ0n) is 16.4. The van der Waals surface area contributed by atoms with Crippen LogP contribution in [-0.4, -0.2) is 34.7 Å². The van der Waals surface area contributed by atoms with Gasteiger partial charge in [0.25, 0.3) is 5.56 Å². The van der Waals surface area contributed by atoms with Gasteiger partial charge < -0.3 is 4.52 Å². The van der Waals surface area contributed by atoms with Crippen molar-refractivity contribution in [2.45, 2.75) is 20.0 Å². The Hall–Kier alpha value is -3.66. The van der Waals surface area contributed by atoms with Gasteiger partial charge in [-0.1, -0.05) is 68.3 Å². The van der Waals surface area contributed by atoms with E-state index >= 15 is 0 Å². The van der Waals surface area contributed by atoms with E-state index < -0.39 is 0 Å². The molecule has 0 saturated heterocycles. The van der Waals surface area contributed by atoms with Gasteiger partial charge in [-0.25, -0.2) is 9.67 Å². The summed E-state index contributed by atoms with van der Waals surface area (Å²) in [5.74, 6) is 0.731. The Labute approximate surface area is 184 Å². The molecule has 0 saturated carbocycles. The smallest absolute Gasteiger partial charge is 0.283 e. The number of hydrogen-bond acceptors (Lipinski definition) is 7. The normalized spacial score (nSPS) is 11.3. The van der Waals surface area contributed by atoms with Crippen molar-refractivity contribution in [2.24, 2.45) is 0 Å². The Kier molecular flexibility index (Phi) is 4.91. The second-order valence-electron chi connectivity index (χ2n) is 7.08. The predicted molar refractivity (Wildman–Crippen MR) is 116 cm³/mol. The molecule has 0 atom stereocenters. The first-order valence-electron chi connectivity index (χ1n) is 9.50. The maximum Gasteiger partial charge on any atom is 0.283 e. The number of aryl methyl sites for hydroxylation is 1. The van der Waals surface area contributed by atoms with Gasteiger partial charge in [0.1, 0.15) is 12.9 Å². The van der Waals surface area contributed by atoms with Crippen molar-refractivity contribution in [3.8, 4) is 11.4 Å². The second-order valence-corrected chi connectivity index (χ2v) is 7.93. The number of hydrogen-bond donors (Lipinski definition) is 0. The molecule has 5 aromatic rings. The molecule has 0 amide bonds. The third-order valence-electron chi connectivity index (χ3n) is 4.80. The van der Waals surface area contributed by atoms with E-state index in [0.29, 0.717) is 23.9 Å². The van der Waals surface area contributed by atoms with Gasteiger partial charge in [-0.3, -0.25) is 9.36 Å². The highest BCUT2D eigenvalue weighted by Gasteiger charge is 2.16. The Balaban J connectivity index is 1.42. The number of nitrogens with zero attached hydrogens (tertiary/aromatic N) is 7. The van der Waals surface area contributed by atoms with Crippen molar-refractivity contribution in [3.05, 3.63) is 86.7 Å². The third kappa shape index (κ3) is 3.77. The van der Waals surface area contributed by atoms with Crippen LogP contribution in [0, 0.1) is 6.92 Å². The van der Waals surface area contributed by atoms with Crippen LogP contribution in [0.25, 0.3) is 22.6 Å². The van der Waals surface area contributed by atoms with Gasteiger partial charge in [-0.05, 0) is 24.6 Å². The van der Waals surface area contributed by atoms with Crippen LogP contribution < -0.4 is 5.56 Å². The standard InChI is InChI=1S/C21H16BrN7O2/c1-13-5-4-6-14(9-13)10-29-20-18(25-27-29)21(30)28(12-23-20)11-17-24-19(26-31-17)15-7-2-3-8-16(15)22/h2-9,12H,10-11H2,1H3. The maximum absolute atomic E-state index is 12.9. The molecule has 0 aliphatic rings. The van der Waals surface area contributed by atoms with Crippen LogP contribution in [-0.2, 0) is 13.1 Å². The minimum absolute atomic E-state index is 0.0873. The monoisotopic (exact) mass is 477 g/mol. The summed E-state index contributed by atoms with van der Waals surface area (Å²) in [5, 5.41) is 12.2. The van der Waals surface area contributed by atoms with Crippen LogP contribution in [0.2, 0.25) is 0 Å². The number of benzene rings is 2. The summed E-state index contributed by atoms with van der Waals surface area (Å²) in [6.07, 6.45) is 1.45. The fourth-order valence-electron chi connectivity index (χ4n) is 3.31. The zero-order chi connectivity index (χ0) is 21.4. The summed E-state index contributed by atoms with van der Waals surface area (Å²) in [7, 11) is 0. The molecule has 2 aromatic carbocycles. The molecule has 9 nitrogen and oxygen atoms in total. The Morgan fingerprint density at radius 3 is 2.81 bits per heavy atom. The summed E-state index contributed by atoms with van der Waals surface area (Å²) in [6, 6.07) is 15.6. The number of aromatic nitrogens is 7. The largest absolute Gasteiger partial charge is 0.337 e. The summed E-state index contributed by atoms with van der Waals surface area (Å²) in [4.78, 5) is 21.7. The van der Waals surface area contributed by atoms with Gasteiger partial charge in [0.05, 0.1) is 6.54 Å². The number of halogens is 1. The van der Waals surface area contributed by atoms with E-state index in [0.717, 1.165) is 21.2 Å². The summed E-state index contributed by atoms with van der Waals surface area (Å²) < 4.78 is 9.18. The lowest BCUT2D eigenvalue weighted by molar-refractivity contribution is 0.369. The van der Waals surface area contributed by atoms with Gasteiger partial charge in [0.15, 0.2) is 11.2 Å². The van der Waals surface area contributed by atoms with Crippen molar-refractivity contribution >= 4 is 27.1 Å². The van der Waals surface area contributed by atoms with Crippen LogP contribution in [0.15, 0.2) is 68.6 Å². The first-order chi connectivity index (χ1) is 15.1. The molecule has 31 heavy (non-hydrogen) atoms. The van der Waals surface area contributed by atoms with Crippen molar-refractivity contribution in [1.82, 2.24) is 34.7 Å². The molecule has 0 fully saturated rings. The topological polar surface area (TPSA) is 105 Å². The second kappa shape index (κ2) is 7.88. The lowest BCUT2D eigenvalue weighted by Crippen LogP contribution is -2.21. The van der Waals surface area contributed by atoms with Crippen molar-refractivity contribution in [1.29, 1.82) is 0 Å². The Morgan fingerprint density at radius 1 is 1.10 bits per heavy atom. The predicted octanol–water partition coefficient (Wildman–Crippen LogP) is 3.21. The molecule has 0 radical (unpaired) electrons. The van der Waals surface area contributed by atoms with Crippen molar-refractivity contribution in [3.63, 3.8) is 0 Å². The summed E-state index contributed by atoms with van der Waals surface area (Å²) in [6.45, 7) is 2.59. The van der Waals surface area contributed by atoms with Crippen LogP contribution >= 0.6 is 15.9 Å². The fourth-order valence-corrected chi connectivity index (χ4v) is 3.77. The first-order valence-corrected chi connectivity index (χ1v) is 10.3. The summed E-state index contributed by atoms with van der Waals surface area (Å²) in [5.41, 5.74) is 3.32. The highest BCUT2D eigenvalue weighted by molar-refractivity contribution is 9.10. The Bertz CT molecular complexity index is 1450. The van der Waals surface area contributed by atoms with Crippen LogP contribution in [0.1, 0.15) is 17.0 Å². The molecule has 0 spiro atoms. The SMILES string of the molecule is Cc1cccc(Cn2nnc3c(=O)n(Cc4nc(-c5ccccc5Br)no4)cnc32)c1. The maximum atomic E-state index is 12.9. The van der Waals surface area contributed by atoms with E-state index in [4.69, 9.17) is 4.52 Å². The van der Waals surface area contributed by atoms with E-state index in [9.17, 15) is 4.79 Å². The molecule has 0 N–H and O–H groups in total. The first kappa shape index (κ1) is 19.3. The minimum atomic E-state index is -0.318. The van der Waals surface area contributed by atoms with E-state index in [-0.39, 0.29) is 17.6 Å². The van der Waals surface area contributed by atoms with Gasteiger partial charge in [0, 0.05) is 10.0 Å². The van der Waals surface area contributed by atoms with Crippen LogP contribution in [0.3, 0.4) is 0 Å². The van der Waals surface area contributed by atoms with E-state index in [1.54, 1.807) is 4.68 Å². The molecule has 0 aliphatic heterocycles. The van der Waals surface area contributed by atoms with Crippen LogP contribution in [0.4, 0.5) is 0 Å². The highest BCUT2D eigenvalue weighted by Crippen LogP contribution is 2.25. The number of fused-ring (bicyclic) bond motifs is 1. The van der Waals surface area contributed by atoms with Gasteiger partial charge in [-0.15, -0.1) is 5.10 Å². The number of rotatable bonds is 5. The van der Waals surface area contributed by atoms with Gasteiger partial charge in [0.2, 0.25) is 11.7 Å². The Morgan fingerprint density at radius 2 is 1.97 bits per heavy atom. The molecule has 5 rings (SSSR count).